The maximum absolute atomic E-state index is 14.3. The van der Waals surface area contributed by atoms with Crippen LogP contribution in [0.15, 0.2) is 59.7 Å². The molecule has 1 saturated carbocycles. The second kappa shape index (κ2) is 10.4. The summed E-state index contributed by atoms with van der Waals surface area (Å²) in [5.41, 5.74) is 3.25. The minimum atomic E-state index is -0.333. The van der Waals surface area contributed by atoms with Crippen LogP contribution in [0.25, 0.3) is 10.9 Å². The van der Waals surface area contributed by atoms with Crippen LogP contribution in [0.4, 0.5) is 14.9 Å². The number of aromatic nitrogens is 1. The Morgan fingerprint density at radius 2 is 1.90 bits per heavy atom. The molecule has 1 spiro atoms. The monoisotopic (exact) mass is 530 g/mol. The molecule has 3 fully saturated rings. The third-order valence-electron chi connectivity index (χ3n) is 9.23. The summed E-state index contributed by atoms with van der Waals surface area (Å²) in [5, 5.41) is 6.18. The van der Waals surface area contributed by atoms with Crippen LogP contribution in [0, 0.1) is 17.7 Å². The van der Waals surface area contributed by atoms with Gasteiger partial charge < -0.3 is 4.57 Å². The Morgan fingerprint density at radius 1 is 1.08 bits per heavy atom. The predicted molar refractivity (Wildman–Crippen MR) is 155 cm³/mol. The molecule has 2 amide bonds. The van der Waals surface area contributed by atoms with Gasteiger partial charge in [0.15, 0.2) is 0 Å². The molecule has 39 heavy (non-hydrogen) atoms. The summed E-state index contributed by atoms with van der Waals surface area (Å²) < 4.78 is 17.0. The molecule has 3 aromatic rings. The summed E-state index contributed by atoms with van der Waals surface area (Å²) in [4.78, 5) is 18.6. The van der Waals surface area contributed by atoms with Crippen LogP contribution in [0.2, 0.25) is 0 Å². The molecule has 0 bridgehead atoms. The van der Waals surface area contributed by atoms with Crippen LogP contribution < -0.4 is 10.3 Å². The van der Waals surface area contributed by atoms with Crippen molar-refractivity contribution in [1.29, 1.82) is 0 Å². The molecule has 1 aliphatic carbocycles. The van der Waals surface area contributed by atoms with Crippen LogP contribution in [0.5, 0.6) is 0 Å². The topological polar surface area (TPSA) is 49.6 Å². The maximum atomic E-state index is 14.3. The number of rotatable bonds is 5. The summed E-state index contributed by atoms with van der Waals surface area (Å²) in [6.07, 6.45) is 9.93. The van der Waals surface area contributed by atoms with Gasteiger partial charge in [-0.1, -0.05) is 44.4 Å². The SMILES string of the molecule is CC(C)n1ccc2ccc(CC3CC[N@@+]4(C[C@H]3C)C(=NC3CCCCC3)NC(=O)N4c3cccc(F)c3)cc21. The summed E-state index contributed by atoms with van der Waals surface area (Å²) in [6, 6.07) is 16.0. The van der Waals surface area contributed by atoms with Crippen LogP contribution in [0.3, 0.4) is 0 Å². The Kier molecular flexibility index (Phi) is 6.96. The van der Waals surface area contributed by atoms with E-state index in [0.29, 0.717) is 28.2 Å². The normalized spacial score (nSPS) is 27.3. The van der Waals surface area contributed by atoms with Crippen LogP contribution in [-0.2, 0) is 6.42 Å². The maximum Gasteiger partial charge on any atom is 0.376 e. The van der Waals surface area contributed by atoms with E-state index in [2.05, 4.69) is 61.1 Å². The first-order valence-electron chi connectivity index (χ1n) is 14.8. The van der Waals surface area contributed by atoms with Gasteiger partial charge in [-0.3, -0.25) is 0 Å². The Labute approximate surface area is 231 Å². The number of quaternary nitrogens is 1. The van der Waals surface area contributed by atoms with Crippen LogP contribution in [0.1, 0.15) is 70.9 Å². The molecule has 2 aliphatic heterocycles. The Morgan fingerprint density at radius 3 is 2.64 bits per heavy atom. The number of fused-ring (bicyclic) bond motifs is 1. The van der Waals surface area contributed by atoms with Gasteiger partial charge in [0, 0.05) is 36.2 Å². The highest BCUT2D eigenvalue weighted by molar-refractivity contribution is 6.06. The van der Waals surface area contributed by atoms with Crippen molar-refractivity contribution in [2.24, 2.45) is 16.8 Å². The van der Waals surface area contributed by atoms with E-state index in [1.165, 1.54) is 47.9 Å². The van der Waals surface area contributed by atoms with Gasteiger partial charge in [0.05, 0.1) is 6.04 Å². The van der Waals surface area contributed by atoms with Gasteiger partial charge in [-0.25, -0.2) is 19.5 Å². The fourth-order valence-corrected chi connectivity index (χ4v) is 7.12. The van der Waals surface area contributed by atoms with E-state index in [9.17, 15) is 9.18 Å². The highest BCUT2D eigenvalue weighted by Gasteiger charge is 2.56. The summed E-state index contributed by atoms with van der Waals surface area (Å²) in [5.74, 6) is 1.26. The van der Waals surface area contributed by atoms with Crippen molar-refractivity contribution in [3.05, 3.63) is 66.1 Å². The largest absolute Gasteiger partial charge is 0.376 e. The Bertz CT molecular complexity index is 1390. The van der Waals surface area contributed by atoms with Gasteiger partial charge in [-0.15, -0.1) is 9.60 Å². The zero-order valence-electron chi connectivity index (χ0n) is 23.4. The lowest BCUT2D eigenvalue weighted by atomic mass is 9.82. The molecule has 1 unspecified atom stereocenters. The van der Waals surface area contributed by atoms with Gasteiger partial charge in [0.1, 0.15) is 24.6 Å². The smallest absolute Gasteiger partial charge is 0.345 e. The second-order valence-electron chi connectivity index (χ2n) is 12.2. The van der Waals surface area contributed by atoms with Crippen molar-refractivity contribution in [2.75, 3.05) is 18.1 Å². The number of piperidine rings is 1. The molecule has 7 heteroatoms. The molecular weight excluding hydrogens is 489 g/mol. The third kappa shape index (κ3) is 4.86. The number of benzene rings is 2. The molecule has 6 rings (SSSR count). The van der Waals surface area contributed by atoms with Crippen molar-refractivity contribution in [3.8, 4) is 0 Å². The van der Waals surface area contributed by atoms with Gasteiger partial charge >= 0.3 is 12.0 Å². The minimum absolute atomic E-state index is 0.208. The van der Waals surface area contributed by atoms with Crippen molar-refractivity contribution in [2.45, 2.75) is 77.8 Å². The van der Waals surface area contributed by atoms with E-state index in [1.807, 2.05) is 6.07 Å². The molecule has 3 atom stereocenters. The lowest BCUT2D eigenvalue weighted by molar-refractivity contribution is -0.851. The highest BCUT2D eigenvalue weighted by atomic mass is 19.1. The van der Waals surface area contributed by atoms with Crippen molar-refractivity contribution < 1.29 is 13.8 Å². The van der Waals surface area contributed by atoms with Gasteiger partial charge in [0.2, 0.25) is 0 Å². The molecule has 2 aromatic carbocycles. The average molecular weight is 531 g/mol. The number of hydrogen-bond donors (Lipinski definition) is 1. The zero-order chi connectivity index (χ0) is 27.1. The summed E-state index contributed by atoms with van der Waals surface area (Å²) in [7, 11) is 0. The van der Waals surface area contributed by atoms with E-state index in [-0.39, 0.29) is 17.9 Å². The molecule has 3 heterocycles. The van der Waals surface area contributed by atoms with Crippen molar-refractivity contribution >= 4 is 28.6 Å². The van der Waals surface area contributed by atoms with E-state index >= 15 is 0 Å². The molecule has 1 N–H and O–H groups in total. The first kappa shape index (κ1) is 26.1. The minimum Gasteiger partial charge on any atom is -0.345 e. The van der Waals surface area contributed by atoms with Gasteiger partial charge in [-0.2, -0.15) is 0 Å². The van der Waals surface area contributed by atoms with Crippen molar-refractivity contribution in [1.82, 2.24) is 9.88 Å². The molecular formula is C32H41FN5O+. The number of amides is 2. The molecule has 1 aromatic heterocycles. The molecule has 2 saturated heterocycles. The van der Waals surface area contributed by atoms with E-state index in [4.69, 9.17) is 4.99 Å². The standard InChI is InChI=1S/C32H40FN5O/c1-22(2)36-16-14-25-13-12-24(19-30(25)36)18-26-15-17-38(21-23(26)3)31(34-28-9-5-4-6-10-28)35-32(39)37(38)29-11-7-8-27(33)20-29/h7-8,11-14,16,19-20,22-23,26,28H,4-6,9-10,15,17-18,21H2,1-3H3/p+1/t23-,26?,38-/m1/s1. The Balaban J connectivity index is 1.30. The number of nitrogens with one attached hydrogen (secondary N) is 1. The number of anilines is 1. The summed E-state index contributed by atoms with van der Waals surface area (Å²) in [6.45, 7) is 8.28. The fourth-order valence-electron chi connectivity index (χ4n) is 7.12. The molecule has 206 valence electrons. The van der Waals surface area contributed by atoms with Gasteiger partial charge in [-0.05, 0) is 74.2 Å². The number of aliphatic imine (C=N–C) groups is 1. The first-order valence-corrected chi connectivity index (χ1v) is 14.8. The second-order valence-corrected chi connectivity index (χ2v) is 12.2. The average Bonchev–Trinajstić information content (AvgIpc) is 3.45. The quantitative estimate of drug-likeness (QED) is 0.348. The first-order chi connectivity index (χ1) is 18.8. The number of hydrogen-bond acceptors (Lipinski definition) is 2. The van der Waals surface area contributed by atoms with Crippen LogP contribution >= 0.6 is 0 Å². The lowest BCUT2D eigenvalue weighted by Crippen LogP contribution is -2.65. The van der Waals surface area contributed by atoms with E-state index in [0.717, 1.165) is 44.7 Å². The zero-order valence-corrected chi connectivity index (χ0v) is 23.4. The van der Waals surface area contributed by atoms with Crippen LogP contribution in [-0.4, -0.2) is 40.3 Å². The molecule has 0 radical (unpaired) electrons. The number of guanidine groups is 1. The van der Waals surface area contributed by atoms with E-state index in [1.54, 1.807) is 11.1 Å². The predicted octanol–water partition coefficient (Wildman–Crippen LogP) is 7.21. The highest BCUT2D eigenvalue weighted by Crippen LogP contribution is 2.39. The summed E-state index contributed by atoms with van der Waals surface area (Å²) >= 11 is 0. The number of halogens is 1. The lowest BCUT2D eigenvalue weighted by Gasteiger charge is -2.45. The molecule has 3 aliphatic rings. The third-order valence-corrected chi connectivity index (χ3v) is 9.23. The number of carbonyl (C=O) groups excluding carboxylic acids is 1. The van der Waals surface area contributed by atoms with E-state index < -0.39 is 0 Å². The number of carbonyl (C=O) groups is 1. The molecule has 6 nitrogen and oxygen atoms in total. The van der Waals surface area contributed by atoms with Crippen molar-refractivity contribution in [3.63, 3.8) is 0 Å². The van der Waals surface area contributed by atoms with Gasteiger partial charge in [0.25, 0.3) is 0 Å². The number of nitrogens with zero attached hydrogens (tertiary/aromatic N) is 4. The fraction of sp³-hybridized carbons (Fsp3) is 0.500. The Hall–Kier alpha value is -3.19. The number of urea groups is 1.